The lowest BCUT2D eigenvalue weighted by molar-refractivity contribution is -0.141. The zero-order chi connectivity index (χ0) is 11.1. The Morgan fingerprint density at radius 3 is 2.87 bits per heavy atom. The lowest BCUT2D eigenvalue weighted by Gasteiger charge is -2.14. The molecular formula is C13H20O2. The summed E-state index contributed by atoms with van der Waals surface area (Å²) in [6.07, 6.45) is 12.1. The molecule has 0 radical (unpaired) electrons. The van der Waals surface area contributed by atoms with Gasteiger partial charge < -0.3 is 5.11 Å². The van der Waals surface area contributed by atoms with E-state index in [0.717, 1.165) is 32.1 Å². The molecule has 0 amide bonds. The van der Waals surface area contributed by atoms with Gasteiger partial charge in [0.1, 0.15) is 0 Å². The smallest absolute Gasteiger partial charge is 0.306 e. The predicted octanol–water partition coefficient (Wildman–Crippen LogP) is 3.54. The molecule has 1 atom stereocenters. The summed E-state index contributed by atoms with van der Waals surface area (Å²) in [6, 6.07) is 0. The number of carboxylic acid groups (broad SMARTS) is 1. The summed E-state index contributed by atoms with van der Waals surface area (Å²) in [5.41, 5.74) is 1.20. The number of unbranched alkanes of at least 4 members (excludes halogenated alkanes) is 1. The average molecular weight is 208 g/mol. The van der Waals surface area contributed by atoms with E-state index in [4.69, 9.17) is 5.11 Å². The summed E-state index contributed by atoms with van der Waals surface area (Å²) in [4.78, 5) is 11.0. The highest BCUT2D eigenvalue weighted by Gasteiger charge is 2.17. The average Bonchev–Trinajstić information content (AvgIpc) is 2.25. The van der Waals surface area contributed by atoms with Gasteiger partial charge in [-0.25, -0.2) is 0 Å². The molecule has 2 heteroatoms. The van der Waals surface area contributed by atoms with Crippen LogP contribution in [0.1, 0.15) is 45.4 Å². The minimum absolute atomic E-state index is 0.195. The monoisotopic (exact) mass is 208 g/mol. The van der Waals surface area contributed by atoms with Crippen LogP contribution < -0.4 is 0 Å². The summed E-state index contributed by atoms with van der Waals surface area (Å²) >= 11 is 0. The molecule has 1 N–H and O–H groups in total. The van der Waals surface area contributed by atoms with E-state index >= 15 is 0 Å². The van der Waals surface area contributed by atoms with Gasteiger partial charge in [0.2, 0.25) is 0 Å². The number of rotatable bonds is 6. The third kappa shape index (κ3) is 4.32. The van der Waals surface area contributed by atoms with E-state index in [0.29, 0.717) is 6.42 Å². The summed E-state index contributed by atoms with van der Waals surface area (Å²) in [5, 5.41) is 9.08. The molecular weight excluding hydrogens is 188 g/mol. The predicted molar refractivity (Wildman–Crippen MR) is 61.7 cm³/mol. The molecule has 0 aliphatic heterocycles. The van der Waals surface area contributed by atoms with Gasteiger partial charge in [0.25, 0.3) is 0 Å². The van der Waals surface area contributed by atoms with Gasteiger partial charge in [-0.1, -0.05) is 43.6 Å². The van der Waals surface area contributed by atoms with E-state index in [1.807, 2.05) is 0 Å². The summed E-state index contributed by atoms with van der Waals surface area (Å²) in [7, 11) is 0. The Balaban J connectivity index is 2.46. The molecule has 2 nitrogen and oxygen atoms in total. The van der Waals surface area contributed by atoms with Crippen molar-refractivity contribution in [3.63, 3.8) is 0 Å². The fourth-order valence-electron chi connectivity index (χ4n) is 1.87. The van der Waals surface area contributed by atoms with Crippen molar-refractivity contribution in [3.05, 3.63) is 23.8 Å². The van der Waals surface area contributed by atoms with Gasteiger partial charge in [-0.15, -0.1) is 0 Å². The fourth-order valence-corrected chi connectivity index (χ4v) is 1.87. The number of carboxylic acids is 1. The molecule has 1 aliphatic carbocycles. The molecule has 0 aromatic heterocycles. The van der Waals surface area contributed by atoms with Gasteiger partial charge in [-0.2, -0.15) is 0 Å². The quantitative estimate of drug-likeness (QED) is 0.724. The van der Waals surface area contributed by atoms with Crippen LogP contribution in [0, 0.1) is 5.92 Å². The van der Waals surface area contributed by atoms with Crippen LogP contribution in [-0.4, -0.2) is 11.1 Å². The lowest BCUT2D eigenvalue weighted by atomic mass is 9.92. The Morgan fingerprint density at radius 2 is 2.33 bits per heavy atom. The van der Waals surface area contributed by atoms with Gasteiger partial charge in [-0.3, -0.25) is 4.79 Å². The summed E-state index contributed by atoms with van der Waals surface area (Å²) in [5.74, 6) is -0.845. The lowest BCUT2D eigenvalue weighted by Crippen LogP contribution is -2.14. The third-order valence-corrected chi connectivity index (χ3v) is 2.81. The van der Waals surface area contributed by atoms with Gasteiger partial charge in [0.15, 0.2) is 0 Å². The fraction of sp³-hybridized carbons (Fsp3) is 0.615. The molecule has 0 aromatic carbocycles. The second-order valence-electron chi connectivity index (χ2n) is 4.14. The molecule has 0 saturated carbocycles. The highest BCUT2D eigenvalue weighted by Crippen LogP contribution is 2.22. The first-order valence-corrected chi connectivity index (χ1v) is 5.82. The zero-order valence-electron chi connectivity index (χ0n) is 9.41. The molecule has 1 rings (SSSR count). The van der Waals surface area contributed by atoms with Crippen LogP contribution in [0.4, 0.5) is 0 Å². The molecule has 84 valence electrons. The summed E-state index contributed by atoms with van der Waals surface area (Å²) < 4.78 is 0. The van der Waals surface area contributed by atoms with Crippen molar-refractivity contribution in [2.75, 3.05) is 0 Å². The van der Waals surface area contributed by atoms with E-state index in [1.54, 1.807) is 0 Å². The van der Waals surface area contributed by atoms with Gasteiger partial charge >= 0.3 is 5.97 Å². The van der Waals surface area contributed by atoms with Gasteiger partial charge in [0.05, 0.1) is 5.92 Å². The van der Waals surface area contributed by atoms with E-state index in [2.05, 4.69) is 25.2 Å². The maximum absolute atomic E-state index is 11.0. The highest BCUT2D eigenvalue weighted by atomic mass is 16.4. The normalized spacial score (nSPS) is 17.3. The minimum Gasteiger partial charge on any atom is -0.481 e. The van der Waals surface area contributed by atoms with Gasteiger partial charge in [0, 0.05) is 0 Å². The maximum atomic E-state index is 11.0. The van der Waals surface area contributed by atoms with E-state index < -0.39 is 5.97 Å². The van der Waals surface area contributed by atoms with Crippen LogP contribution in [0.5, 0.6) is 0 Å². The number of hydrogen-bond acceptors (Lipinski definition) is 1. The zero-order valence-corrected chi connectivity index (χ0v) is 9.41. The molecule has 15 heavy (non-hydrogen) atoms. The van der Waals surface area contributed by atoms with Crippen molar-refractivity contribution >= 4 is 5.97 Å². The van der Waals surface area contributed by atoms with Crippen molar-refractivity contribution in [2.45, 2.75) is 45.4 Å². The van der Waals surface area contributed by atoms with Crippen molar-refractivity contribution in [2.24, 2.45) is 5.92 Å². The number of hydrogen-bond donors (Lipinski definition) is 1. The SMILES string of the molecule is CCCCC(CC1=CCCC=C1)C(=O)O. The van der Waals surface area contributed by atoms with Crippen molar-refractivity contribution in [1.29, 1.82) is 0 Å². The largest absolute Gasteiger partial charge is 0.481 e. The van der Waals surface area contributed by atoms with E-state index in [1.165, 1.54) is 5.57 Å². The summed E-state index contributed by atoms with van der Waals surface area (Å²) in [6.45, 7) is 2.10. The Labute approximate surface area is 91.7 Å². The van der Waals surface area contributed by atoms with Crippen molar-refractivity contribution in [3.8, 4) is 0 Å². The van der Waals surface area contributed by atoms with Crippen LogP contribution in [-0.2, 0) is 4.79 Å². The van der Waals surface area contributed by atoms with Crippen LogP contribution in [0.25, 0.3) is 0 Å². The highest BCUT2D eigenvalue weighted by molar-refractivity contribution is 5.70. The second kappa shape index (κ2) is 6.44. The van der Waals surface area contributed by atoms with Crippen molar-refractivity contribution < 1.29 is 9.90 Å². The maximum Gasteiger partial charge on any atom is 0.306 e. The first kappa shape index (κ1) is 12.0. The molecule has 1 aliphatic rings. The van der Waals surface area contributed by atoms with Crippen LogP contribution >= 0.6 is 0 Å². The van der Waals surface area contributed by atoms with Crippen LogP contribution in [0.3, 0.4) is 0 Å². The number of aliphatic carboxylic acids is 1. The first-order chi connectivity index (χ1) is 7.24. The van der Waals surface area contributed by atoms with Crippen LogP contribution in [0.15, 0.2) is 23.8 Å². The van der Waals surface area contributed by atoms with E-state index in [-0.39, 0.29) is 5.92 Å². The molecule has 0 spiro atoms. The molecule has 0 aromatic rings. The Morgan fingerprint density at radius 1 is 1.53 bits per heavy atom. The standard InChI is InChI=1S/C13H20O2/c1-2-3-9-12(13(14)15)10-11-7-5-4-6-8-11/h5,7-8,12H,2-4,6,9-10H2,1H3,(H,14,15). The third-order valence-electron chi connectivity index (χ3n) is 2.81. The minimum atomic E-state index is -0.650. The van der Waals surface area contributed by atoms with Crippen molar-refractivity contribution in [1.82, 2.24) is 0 Å². The number of allylic oxidation sites excluding steroid dienone is 4. The van der Waals surface area contributed by atoms with Gasteiger partial charge in [-0.05, 0) is 25.7 Å². The Kier molecular flexibility index (Phi) is 5.16. The molecule has 1 unspecified atom stereocenters. The van der Waals surface area contributed by atoms with E-state index in [9.17, 15) is 4.79 Å². The first-order valence-electron chi connectivity index (χ1n) is 5.82. The second-order valence-corrected chi connectivity index (χ2v) is 4.14. The molecule has 0 saturated heterocycles. The molecule has 0 bridgehead atoms. The van der Waals surface area contributed by atoms with Crippen LogP contribution in [0.2, 0.25) is 0 Å². The number of carbonyl (C=O) groups is 1. The topological polar surface area (TPSA) is 37.3 Å². The Hall–Kier alpha value is -1.05. The Bertz CT molecular complexity index is 264. The molecule has 0 heterocycles. The molecule has 0 fully saturated rings.